The highest BCUT2D eigenvalue weighted by Gasteiger charge is 2.26. The molecule has 0 amide bonds. The molecule has 1 aliphatic carbocycles. The monoisotopic (exact) mass is 281 g/mol. The molecule has 7 nitrogen and oxygen atoms in total. The largest absolute Gasteiger partial charge is 0.463 e. The summed E-state index contributed by atoms with van der Waals surface area (Å²) in [4.78, 5) is 12.7. The van der Waals surface area contributed by atoms with Gasteiger partial charge in [0.05, 0.1) is 12.7 Å². The van der Waals surface area contributed by atoms with Crippen LogP contribution in [0.5, 0.6) is 6.01 Å². The third-order valence-electron chi connectivity index (χ3n) is 3.14. The molecule has 1 aromatic rings. The smallest absolute Gasteiger partial charge is 0.323 e. The van der Waals surface area contributed by atoms with Crippen molar-refractivity contribution < 1.29 is 9.84 Å². The van der Waals surface area contributed by atoms with Crippen molar-refractivity contribution in [2.24, 2.45) is 5.92 Å². The maximum atomic E-state index is 9.27. The Morgan fingerprint density at radius 3 is 2.45 bits per heavy atom. The standard InChI is InChI=1S/C13H23N5O2/c1-3-5-20-13-17-11(14-4-2)16-12(18-13)15-8-9-6-10(19)7-9/h9-10,19H,3-8H2,1-2H3,(H2,14,15,16,17,18). The van der Waals surface area contributed by atoms with E-state index in [1.807, 2.05) is 13.8 Å². The van der Waals surface area contributed by atoms with Gasteiger partial charge < -0.3 is 20.5 Å². The second kappa shape index (κ2) is 7.23. The maximum absolute atomic E-state index is 9.27. The van der Waals surface area contributed by atoms with Gasteiger partial charge in [-0.3, -0.25) is 0 Å². The molecule has 1 saturated carbocycles. The number of aromatic nitrogens is 3. The minimum atomic E-state index is -0.138. The lowest BCUT2D eigenvalue weighted by Gasteiger charge is -2.31. The summed E-state index contributed by atoms with van der Waals surface area (Å²) in [6.07, 6.45) is 2.46. The van der Waals surface area contributed by atoms with Crippen LogP contribution in [0, 0.1) is 5.92 Å². The second-order valence-corrected chi connectivity index (χ2v) is 5.02. The van der Waals surface area contributed by atoms with Crippen LogP contribution in [0.15, 0.2) is 0 Å². The Morgan fingerprint density at radius 1 is 1.15 bits per heavy atom. The molecule has 1 heterocycles. The molecule has 0 unspecified atom stereocenters. The summed E-state index contributed by atoms with van der Waals surface area (Å²) in [6.45, 7) is 6.11. The van der Waals surface area contributed by atoms with Gasteiger partial charge >= 0.3 is 6.01 Å². The highest BCUT2D eigenvalue weighted by atomic mass is 16.5. The van der Waals surface area contributed by atoms with E-state index in [0.717, 1.165) is 32.4 Å². The Kier molecular flexibility index (Phi) is 5.34. The summed E-state index contributed by atoms with van der Waals surface area (Å²) in [7, 11) is 0. The van der Waals surface area contributed by atoms with Crippen molar-refractivity contribution in [2.75, 3.05) is 30.3 Å². The van der Waals surface area contributed by atoms with E-state index in [2.05, 4.69) is 25.6 Å². The van der Waals surface area contributed by atoms with Gasteiger partial charge in [0, 0.05) is 13.1 Å². The van der Waals surface area contributed by atoms with Crippen molar-refractivity contribution in [1.29, 1.82) is 0 Å². The Labute approximate surface area is 119 Å². The van der Waals surface area contributed by atoms with Crippen LogP contribution in [-0.4, -0.2) is 45.9 Å². The number of aliphatic hydroxyl groups is 1. The number of hydrogen-bond donors (Lipinski definition) is 3. The lowest BCUT2D eigenvalue weighted by molar-refractivity contribution is 0.0486. The van der Waals surface area contributed by atoms with E-state index < -0.39 is 0 Å². The van der Waals surface area contributed by atoms with E-state index >= 15 is 0 Å². The Morgan fingerprint density at radius 2 is 1.85 bits per heavy atom. The van der Waals surface area contributed by atoms with Gasteiger partial charge in [-0.05, 0) is 32.1 Å². The van der Waals surface area contributed by atoms with Gasteiger partial charge in [0.1, 0.15) is 0 Å². The number of anilines is 2. The second-order valence-electron chi connectivity index (χ2n) is 5.02. The Bertz CT molecular complexity index is 423. The zero-order chi connectivity index (χ0) is 14.4. The third-order valence-corrected chi connectivity index (χ3v) is 3.14. The van der Waals surface area contributed by atoms with Crippen LogP contribution in [0.2, 0.25) is 0 Å². The van der Waals surface area contributed by atoms with Gasteiger partial charge in [0.15, 0.2) is 0 Å². The predicted molar refractivity (Wildman–Crippen MR) is 77.0 cm³/mol. The van der Waals surface area contributed by atoms with Gasteiger partial charge in [-0.25, -0.2) is 0 Å². The Balaban J connectivity index is 1.95. The van der Waals surface area contributed by atoms with Crippen molar-refractivity contribution >= 4 is 11.9 Å². The van der Waals surface area contributed by atoms with Crippen LogP contribution in [0.25, 0.3) is 0 Å². The summed E-state index contributed by atoms with van der Waals surface area (Å²) in [5.41, 5.74) is 0. The summed E-state index contributed by atoms with van der Waals surface area (Å²) < 4.78 is 5.46. The minimum Gasteiger partial charge on any atom is -0.463 e. The molecule has 20 heavy (non-hydrogen) atoms. The molecule has 3 N–H and O–H groups in total. The highest BCUT2D eigenvalue weighted by molar-refractivity contribution is 5.35. The molecule has 0 radical (unpaired) electrons. The first kappa shape index (κ1) is 14.8. The van der Waals surface area contributed by atoms with Crippen LogP contribution in [0.1, 0.15) is 33.1 Å². The van der Waals surface area contributed by atoms with E-state index in [-0.39, 0.29) is 6.10 Å². The number of nitrogens with one attached hydrogen (secondary N) is 2. The predicted octanol–water partition coefficient (Wildman–Crippen LogP) is 1.27. The summed E-state index contributed by atoms with van der Waals surface area (Å²) in [5.74, 6) is 1.53. The van der Waals surface area contributed by atoms with Crippen molar-refractivity contribution in [3.63, 3.8) is 0 Å². The van der Waals surface area contributed by atoms with Crippen molar-refractivity contribution in [3.05, 3.63) is 0 Å². The molecule has 0 atom stereocenters. The lowest BCUT2D eigenvalue weighted by atomic mass is 9.82. The first-order chi connectivity index (χ1) is 9.71. The Hall–Kier alpha value is -1.63. The van der Waals surface area contributed by atoms with Crippen molar-refractivity contribution in [3.8, 4) is 6.01 Å². The molecule has 2 rings (SSSR count). The zero-order valence-electron chi connectivity index (χ0n) is 12.1. The summed E-state index contributed by atoms with van der Waals surface area (Å²) in [6, 6.07) is 0.342. The molecular weight excluding hydrogens is 258 g/mol. The van der Waals surface area contributed by atoms with E-state index in [4.69, 9.17) is 4.74 Å². The average molecular weight is 281 g/mol. The maximum Gasteiger partial charge on any atom is 0.323 e. The lowest BCUT2D eigenvalue weighted by Crippen LogP contribution is -2.33. The quantitative estimate of drug-likeness (QED) is 0.661. The number of hydrogen-bond acceptors (Lipinski definition) is 7. The number of ether oxygens (including phenoxy) is 1. The summed E-state index contributed by atoms with van der Waals surface area (Å²) in [5, 5.41) is 15.5. The molecule has 1 aromatic heterocycles. The van der Waals surface area contributed by atoms with Crippen molar-refractivity contribution in [1.82, 2.24) is 15.0 Å². The van der Waals surface area contributed by atoms with Gasteiger partial charge in [-0.15, -0.1) is 0 Å². The van der Waals surface area contributed by atoms with Crippen LogP contribution < -0.4 is 15.4 Å². The molecule has 0 bridgehead atoms. The molecule has 112 valence electrons. The van der Waals surface area contributed by atoms with Gasteiger partial charge in [0.2, 0.25) is 11.9 Å². The van der Waals surface area contributed by atoms with E-state index in [9.17, 15) is 5.11 Å². The molecule has 0 aromatic carbocycles. The van der Waals surface area contributed by atoms with Crippen LogP contribution >= 0.6 is 0 Å². The van der Waals surface area contributed by atoms with Crippen LogP contribution in [-0.2, 0) is 0 Å². The molecule has 0 saturated heterocycles. The number of nitrogens with zero attached hydrogens (tertiary/aromatic N) is 3. The van der Waals surface area contributed by atoms with Gasteiger partial charge in [-0.1, -0.05) is 6.92 Å². The van der Waals surface area contributed by atoms with Gasteiger partial charge in [0.25, 0.3) is 0 Å². The van der Waals surface area contributed by atoms with E-state index in [1.165, 1.54) is 0 Å². The molecule has 0 aliphatic heterocycles. The minimum absolute atomic E-state index is 0.138. The summed E-state index contributed by atoms with van der Waals surface area (Å²) >= 11 is 0. The van der Waals surface area contributed by atoms with Crippen LogP contribution in [0.3, 0.4) is 0 Å². The molecular formula is C13H23N5O2. The van der Waals surface area contributed by atoms with E-state index in [1.54, 1.807) is 0 Å². The van der Waals surface area contributed by atoms with E-state index in [0.29, 0.717) is 30.4 Å². The SMILES string of the molecule is CCCOc1nc(NCC)nc(NCC2CC(O)C2)n1. The first-order valence-corrected chi connectivity index (χ1v) is 7.26. The topological polar surface area (TPSA) is 92.2 Å². The van der Waals surface area contributed by atoms with Crippen LogP contribution in [0.4, 0.5) is 11.9 Å². The average Bonchev–Trinajstić information content (AvgIpc) is 2.40. The van der Waals surface area contributed by atoms with Gasteiger partial charge in [-0.2, -0.15) is 15.0 Å². The normalized spacial score (nSPS) is 21.1. The fourth-order valence-corrected chi connectivity index (χ4v) is 2.03. The highest BCUT2D eigenvalue weighted by Crippen LogP contribution is 2.27. The molecule has 0 spiro atoms. The first-order valence-electron chi connectivity index (χ1n) is 7.26. The number of rotatable bonds is 8. The third kappa shape index (κ3) is 4.19. The molecule has 1 fully saturated rings. The molecule has 7 heteroatoms. The molecule has 1 aliphatic rings. The zero-order valence-corrected chi connectivity index (χ0v) is 12.1. The fourth-order valence-electron chi connectivity index (χ4n) is 2.03. The number of aliphatic hydroxyl groups excluding tert-OH is 1. The van der Waals surface area contributed by atoms with Crippen molar-refractivity contribution in [2.45, 2.75) is 39.2 Å². The fraction of sp³-hybridized carbons (Fsp3) is 0.769.